The molecule has 0 aromatic carbocycles. The van der Waals surface area contributed by atoms with Crippen molar-refractivity contribution < 1.29 is 9.47 Å². The van der Waals surface area contributed by atoms with E-state index in [0.717, 1.165) is 6.42 Å². The minimum absolute atomic E-state index is 0.000354. The Balaban J connectivity index is 1.65. The van der Waals surface area contributed by atoms with Gasteiger partial charge in [0.25, 0.3) is 0 Å². The van der Waals surface area contributed by atoms with Crippen LogP contribution >= 0.6 is 0 Å². The molecule has 3 nitrogen and oxygen atoms in total. The van der Waals surface area contributed by atoms with Crippen LogP contribution in [0.2, 0.25) is 0 Å². The van der Waals surface area contributed by atoms with Crippen molar-refractivity contribution in [2.45, 2.75) is 88.9 Å². The van der Waals surface area contributed by atoms with Gasteiger partial charge in [-0.25, -0.2) is 0 Å². The highest BCUT2D eigenvalue weighted by molar-refractivity contribution is 5.03. The van der Waals surface area contributed by atoms with E-state index in [1.807, 2.05) is 0 Å². The van der Waals surface area contributed by atoms with E-state index >= 15 is 0 Å². The molecule has 0 saturated carbocycles. The van der Waals surface area contributed by atoms with Gasteiger partial charge in [-0.2, -0.15) is 0 Å². The lowest BCUT2D eigenvalue weighted by Gasteiger charge is -2.31. The van der Waals surface area contributed by atoms with Crippen LogP contribution < -0.4 is 5.32 Å². The summed E-state index contributed by atoms with van der Waals surface area (Å²) in [6.45, 7) is 8.78. The first-order valence-corrected chi connectivity index (χ1v) is 6.97. The highest BCUT2D eigenvalue weighted by Crippen LogP contribution is 2.40. The van der Waals surface area contributed by atoms with Gasteiger partial charge >= 0.3 is 0 Å². The third-order valence-electron chi connectivity index (χ3n) is 4.60. The Kier molecular flexibility index (Phi) is 2.59. The summed E-state index contributed by atoms with van der Waals surface area (Å²) in [6.07, 6.45) is 5.76. The molecule has 0 amide bonds. The maximum Gasteiger partial charge on any atom is 0.0787 e. The highest BCUT2D eigenvalue weighted by Gasteiger charge is 2.49. The van der Waals surface area contributed by atoms with Crippen LogP contribution in [-0.4, -0.2) is 35.5 Å². The van der Waals surface area contributed by atoms with Gasteiger partial charge in [0.15, 0.2) is 0 Å². The Morgan fingerprint density at radius 1 is 1.12 bits per heavy atom. The molecule has 3 rings (SSSR count). The van der Waals surface area contributed by atoms with Gasteiger partial charge in [-0.3, -0.25) is 0 Å². The van der Waals surface area contributed by atoms with Crippen LogP contribution in [0.5, 0.6) is 0 Å². The second kappa shape index (κ2) is 3.69. The molecule has 0 aromatic rings. The summed E-state index contributed by atoms with van der Waals surface area (Å²) in [6, 6.07) is 1.00. The number of nitrogens with one attached hydrogen (secondary N) is 1. The third kappa shape index (κ3) is 2.13. The van der Waals surface area contributed by atoms with E-state index in [2.05, 4.69) is 33.0 Å². The van der Waals surface area contributed by atoms with Gasteiger partial charge in [-0.05, 0) is 53.4 Å². The van der Waals surface area contributed by atoms with Gasteiger partial charge < -0.3 is 14.8 Å². The molecule has 0 aromatic heterocycles. The van der Waals surface area contributed by atoms with Crippen molar-refractivity contribution in [3.63, 3.8) is 0 Å². The SMILES string of the molecule is CC1(C)CC(NC2CC3CCC2O3)C(C)(C)O1. The van der Waals surface area contributed by atoms with Crippen LogP contribution in [0.4, 0.5) is 0 Å². The van der Waals surface area contributed by atoms with Gasteiger partial charge in [0.05, 0.1) is 23.4 Å². The number of hydrogen-bond acceptors (Lipinski definition) is 3. The van der Waals surface area contributed by atoms with Gasteiger partial charge in [0, 0.05) is 12.1 Å². The highest BCUT2D eigenvalue weighted by atomic mass is 16.5. The Morgan fingerprint density at radius 3 is 2.35 bits per heavy atom. The van der Waals surface area contributed by atoms with Crippen LogP contribution in [-0.2, 0) is 9.47 Å². The lowest BCUT2D eigenvalue weighted by atomic mass is 9.90. The van der Waals surface area contributed by atoms with Crippen LogP contribution in [0.3, 0.4) is 0 Å². The van der Waals surface area contributed by atoms with Gasteiger partial charge in [-0.15, -0.1) is 0 Å². The quantitative estimate of drug-likeness (QED) is 0.801. The average Bonchev–Trinajstić information content (AvgIpc) is 2.79. The second-order valence-electron chi connectivity index (χ2n) is 7.10. The standard InChI is InChI=1S/C14H25NO2/c1-13(2)8-12(14(3,4)17-13)15-10-7-9-5-6-11(10)16-9/h9-12,15H,5-8H2,1-4H3. The molecule has 1 N–H and O–H groups in total. The summed E-state index contributed by atoms with van der Waals surface area (Å²) in [5.41, 5.74) is -0.0645. The molecule has 3 saturated heterocycles. The molecule has 3 aliphatic rings. The maximum absolute atomic E-state index is 6.14. The molecule has 4 unspecified atom stereocenters. The first-order chi connectivity index (χ1) is 7.86. The summed E-state index contributed by atoms with van der Waals surface area (Å²) in [5, 5.41) is 3.81. The van der Waals surface area contributed by atoms with Crippen molar-refractivity contribution in [1.29, 1.82) is 0 Å². The van der Waals surface area contributed by atoms with E-state index in [0.29, 0.717) is 24.3 Å². The molecule has 0 spiro atoms. The molecule has 3 fully saturated rings. The Labute approximate surface area is 104 Å². The molecule has 0 radical (unpaired) electrons. The number of rotatable bonds is 2. The molecule has 4 atom stereocenters. The molecule has 2 bridgehead atoms. The number of fused-ring (bicyclic) bond motifs is 2. The average molecular weight is 239 g/mol. The van der Waals surface area contributed by atoms with E-state index in [4.69, 9.17) is 9.47 Å². The largest absolute Gasteiger partial charge is 0.373 e. The van der Waals surface area contributed by atoms with Crippen molar-refractivity contribution in [2.75, 3.05) is 0 Å². The first-order valence-electron chi connectivity index (χ1n) is 6.97. The minimum Gasteiger partial charge on any atom is -0.373 e. The zero-order valence-corrected chi connectivity index (χ0v) is 11.5. The van der Waals surface area contributed by atoms with E-state index in [1.54, 1.807) is 0 Å². The zero-order chi connectivity index (χ0) is 12.3. The molecule has 3 aliphatic heterocycles. The molecule has 3 heterocycles. The monoisotopic (exact) mass is 239 g/mol. The fraction of sp³-hybridized carbons (Fsp3) is 1.00. The van der Waals surface area contributed by atoms with Crippen molar-refractivity contribution >= 4 is 0 Å². The predicted molar refractivity (Wildman–Crippen MR) is 67.1 cm³/mol. The Hall–Kier alpha value is -0.120. The maximum atomic E-state index is 6.14. The van der Waals surface area contributed by atoms with Crippen LogP contribution in [0.25, 0.3) is 0 Å². The first kappa shape index (κ1) is 11.9. The van der Waals surface area contributed by atoms with Gasteiger partial charge in [0.2, 0.25) is 0 Å². The number of ether oxygens (including phenoxy) is 2. The zero-order valence-electron chi connectivity index (χ0n) is 11.5. The van der Waals surface area contributed by atoms with Gasteiger partial charge in [-0.1, -0.05) is 0 Å². The van der Waals surface area contributed by atoms with E-state index in [1.165, 1.54) is 19.3 Å². The lowest BCUT2D eigenvalue weighted by molar-refractivity contribution is -0.0708. The predicted octanol–water partition coefficient (Wildman–Crippen LogP) is 2.24. The lowest BCUT2D eigenvalue weighted by Crippen LogP contribution is -2.51. The van der Waals surface area contributed by atoms with E-state index in [-0.39, 0.29) is 11.2 Å². The minimum atomic E-state index is -0.0642. The summed E-state index contributed by atoms with van der Waals surface area (Å²) >= 11 is 0. The topological polar surface area (TPSA) is 30.5 Å². The normalized spacial score (nSPS) is 46.6. The third-order valence-corrected chi connectivity index (χ3v) is 4.60. The number of hydrogen-bond donors (Lipinski definition) is 1. The molecule has 98 valence electrons. The van der Waals surface area contributed by atoms with E-state index < -0.39 is 0 Å². The fourth-order valence-electron chi connectivity index (χ4n) is 3.89. The Morgan fingerprint density at radius 2 is 1.88 bits per heavy atom. The molecular weight excluding hydrogens is 214 g/mol. The molecule has 0 aliphatic carbocycles. The van der Waals surface area contributed by atoms with Crippen LogP contribution in [0, 0.1) is 0 Å². The van der Waals surface area contributed by atoms with Gasteiger partial charge in [0.1, 0.15) is 0 Å². The summed E-state index contributed by atoms with van der Waals surface area (Å²) < 4.78 is 12.0. The summed E-state index contributed by atoms with van der Waals surface area (Å²) in [5.74, 6) is 0. The van der Waals surface area contributed by atoms with Crippen molar-refractivity contribution in [3.8, 4) is 0 Å². The van der Waals surface area contributed by atoms with Crippen molar-refractivity contribution in [1.82, 2.24) is 5.32 Å². The van der Waals surface area contributed by atoms with Crippen LogP contribution in [0.1, 0.15) is 53.4 Å². The second-order valence-corrected chi connectivity index (χ2v) is 7.10. The smallest absolute Gasteiger partial charge is 0.0787 e. The molecule has 3 heteroatoms. The summed E-state index contributed by atoms with van der Waals surface area (Å²) in [4.78, 5) is 0. The van der Waals surface area contributed by atoms with Crippen LogP contribution in [0.15, 0.2) is 0 Å². The van der Waals surface area contributed by atoms with Crippen molar-refractivity contribution in [3.05, 3.63) is 0 Å². The fourth-order valence-corrected chi connectivity index (χ4v) is 3.89. The Bertz CT molecular complexity index is 313. The van der Waals surface area contributed by atoms with E-state index in [9.17, 15) is 0 Å². The summed E-state index contributed by atoms with van der Waals surface area (Å²) in [7, 11) is 0. The molecular formula is C14H25NO2. The molecule has 17 heavy (non-hydrogen) atoms. The van der Waals surface area contributed by atoms with Crippen molar-refractivity contribution in [2.24, 2.45) is 0 Å².